The van der Waals surface area contributed by atoms with E-state index in [1.165, 1.54) is 4.40 Å². The van der Waals surface area contributed by atoms with Crippen LogP contribution in [-0.4, -0.2) is 25.4 Å². The van der Waals surface area contributed by atoms with E-state index in [-0.39, 0.29) is 11.5 Å². The molecule has 122 valence electrons. The van der Waals surface area contributed by atoms with E-state index < -0.39 is 5.97 Å². The topological polar surface area (TPSA) is 92.2 Å². The lowest BCUT2D eigenvalue weighted by atomic mass is 10.2. The highest BCUT2D eigenvalue weighted by atomic mass is 35.5. The van der Waals surface area contributed by atoms with Crippen molar-refractivity contribution in [3.63, 3.8) is 0 Å². The van der Waals surface area contributed by atoms with Gasteiger partial charge in [-0.1, -0.05) is 29.8 Å². The van der Waals surface area contributed by atoms with E-state index >= 15 is 0 Å². The normalized spacial score (nSPS) is 11.6. The molecular formula is C17H10ClN5O2. The largest absolute Gasteiger partial charge is 0.476 e. The van der Waals surface area contributed by atoms with E-state index in [1.807, 2.05) is 24.3 Å². The molecule has 1 aromatic carbocycles. The van der Waals surface area contributed by atoms with E-state index in [1.54, 1.807) is 30.6 Å². The minimum Gasteiger partial charge on any atom is -0.476 e. The maximum atomic E-state index is 11.5. The average Bonchev–Trinajstić information content (AvgIpc) is 2.98. The smallest absolute Gasteiger partial charge is 0.358 e. The summed E-state index contributed by atoms with van der Waals surface area (Å²) in [6.45, 7) is 0. The molecule has 0 saturated carbocycles. The minimum atomic E-state index is -1.19. The molecule has 8 heteroatoms. The van der Waals surface area contributed by atoms with Crippen LogP contribution in [0, 0.1) is 0 Å². The number of para-hydroxylation sites is 1. The summed E-state index contributed by atoms with van der Waals surface area (Å²) in [5, 5.41) is 19.1. The summed E-state index contributed by atoms with van der Waals surface area (Å²) in [4.78, 5) is 19.8. The van der Waals surface area contributed by atoms with Crippen LogP contribution in [0.4, 0.5) is 11.5 Å². The summed E-state index contributed by atoms with van der Waals surface area (Å²) in [5.74, 6) is -1.09. The first kappa shape index (κ1) is 15.2. The number of benzene rings is 1. The molecule has 0 bridgehead atoms. The Balaban J connectivity index is 1.89. The maximum absolute atomic E-state index is 11.5. The predicted octanol–water partition coefficient (Wildman–Crippen LogP) is 4.65. The highest BCUT2D eigenvalue weighted by Gasteiger charge is 2.18. The zero-order chi connectivity index (χ0) is 17.4. The molecule has 7 nitrogen and oxygen atoms in total. The number of carboxylic acid groups (broad SMARTS) is 1. The Morgan fingerprint density at radius 3 is 2.80 bits per heavy atom. The van der Waals surface area contributed by atoms with Gasteiger partial charge in [0.25, 0.3) is 0 Å². The molecule has 0 saturated heterocycles. The third-order valence-corrected chi connectivity index (χ3v) is 3.85. The fourth-order valence-corrected chi connectivity index (χ4v) is 2.68. The molecule has 0 fully saturated rings. The zero-order valence-corrected chi connectivity index (χ0v) is 13.4. The van der Waals surface area contributed by atoms with Crippen molar-refractivity contribution >= 4 is 45.6 Å². The number of pyridine rings is 2. The van der Waals surface area contributed by atoms with Crippen molar-refractivity contribution in [2.24, 2.45) is 10.2 Å². The van der Waals surface area contributed by atoms with Gasteiger partial charge >= 0.3 is 5.97 Å². The monoisotopic (exact) mass is 351 g/mol. The Labute approximate surface area is 146 Å². The summed E-state index contributed by atoms with van der Waals surface area (Å²) in [6, 6.07) is 12.5. The highest BCUT2D eigenvalue weighted by molar-refractivity contribution is 6.30. The number of fused-ring (bicyclic) bond motifs is 2. The molecule has 0 aliphatic carbocycles. The Morgan fingerprint density at radius 2 is 1.96 bits per heavy atom. The van der Waals surface area contributed by atoms with Crippen LogP contribution in [0.15, 0.2) is 65.1 Å². The maximum Gasteiger partial charge on any atom is 0.358 e. The molecular weight excluding hydrogens is 342 g/mol. The minimum absolute atomic E-state index is 0.0953. The number of nitrogens with zero attached hydrogens (tertiary/aromatic N) is 5. The van der Waals surface area contributed by atoms with Gasteiger partial charge in [0, 0.05) is 17.8 Å². The molecule has 0 unspecified atom stereocenters. The van der Waals surface area contributed by atoms with E-state index in [0.29, 0.717) is 21.9 Å². The second-order valence-electron chi connectivity index (χ2n) is 5.22. The number of aromatic carboxylic acids is 1. The van der Waals surface area contributed by atoms with Gasteiger partial charge in [-0.3, -0.25) is 9.38 Å². The molecule has 0 spiro atoms. The summed E-state index contributed by atoms with van der Waals surface area (Å²) in [6.07, 6.45) is 3.21. The van der Waals surface area contributed by atoms with Crippen molar-refractivity contribution in [1.29, 1.82) is 0 Å². The molecule has 1 N–H and O–H groups in total. The van der Waals surface area contributed by atoms with Crippen LogP contribution in [-0.2, 0) is 0 Å². The Hall–Kier alpha value is -3.32. The number of azo groups is 1. The van der Waals surface area contributed by atoms with Gasteiger partial charge in [-0.2, -0.15) is 0 Å². The number of hydrogen-bond donors (Lipinski definition) is 1. The standard InChI is InChI=1S/C17H10ClN5O2/c18-11-6-7-13-20-15(17(24)25)16(23(13)9-11)22-21-12-5-1-3-10-4-2-8-19-14(10)12/h1-9H,(H,24,25). The van der Waals surface area contributed by atoms with Gasteiger partial charge in [0.1, 0.15) is 11.3 Å². The summed E-state index contributed by atoms with van der Waals surface area (Å²) in [5.41, 5.74) is 1.44. The zero-order valence-electron chi connectivity index (χ0n) is 12.7. The fourth-order valence-electron chi connectivity index (χ4n) is 2.52. The van der Waals surface area contributed by atoms with Crippen LogP contribution in [0.5, 0.6) is 0 Å². The third-order valence-electron chi connectivity index (χ3n) is 3.62. The van der Waals surface area contributed by atoms with Crippen molar-refractivity contribution in [3.8, 4) is 0 Å². The van der Waals surface area contributed by atoms with Crippen molar-refractivity contribution in [2.75, 3.05) is 0 Å². The second-order valence-corrected chi connectivity index (χ2v) is 5.65. The van der Waals surface area contributed by atoms with Crippen molar-refractivity contribution in [1.82, 2.24) is 14.4 Å². The predicted molar refractivity (Wildman–Crippen MR) is 93.1 cm³/mol. The number of carboxylic acids is 1. The summed E-state index contributed by atoms with van der Waals surface area (Å²) >= 11 is 6.00. The number of imidazole rings is 1. The molecule has 0 atom stereocenters. The number of rotatable bonds is 3. The van der Waals surface area contributed by atoms with Gasteiger partial charge in [0.05, 0.1) is 10.5 Å². The van der Waals surface area contributed by atoms with E-state index in [9.17, 15) is 9.90 Å². The number of aromatic nitrogens is 3. The molecule has 0 aliphatic heterocycles. The molecule has 4 rings (SSSR count). The first-order valence-corrected chi connectivity index (χ1v) is 7.68. The van der Waals surface area contributed by atoms with Gasteiger partial charge in [-0.25, -0.2) is 9.78 Å². The van der Waals surface area contributed by atoms with Crippen molar-refractivity contribution < 1.29 is 9.90 Å². The van der Waals surface area contributed by atoms with Gasteiger partial charge in [-0.15, -0.1) is 10.2 Å². The van der Waals surface area contributed by atoms with E-state index in [2.05, 4.69) is 20.2 Å². The molecule has 0 amide bonds. The molecule has 3 heterocycles. The number of halogens is 1. The quantitative estimate of drug-likeness (QED) is 0.544. The van der Waals surface area contributed by atoms with Crippen LogP contribution in [0.3, 0.4) is 0 Å². The molecule has 25 heavy (non-hydrogen) atoms. The van der Waals surface area contributed by atoms with Crippen molar-refractivity contribution in [3.05, 3.63) is 65.6 Å². The van der Waals surface area contributed by atoms with Crippen LogP contribution in [0.2, 0.25) is 5.02 Å². The number of carbonyl (C=O) groups is 1. The van der Waals surface area contributed by atoms with E-state index in [0.717, 1.165) is 5.39 Å². The lowest BCUT2D eigenvalue weighted by Crippen LogP contribution is -1.96. The van der Waals surface area contributed by atoms with E-state index in [4.69, 9.17) is 11.6 Å². The molecule has 0 aliphatic rings. The molecule has 3 aromatic heterocycles. The van der Waals surface area contributed by atoms with Crippen LogP contribution < -0.4 is 0 Å². The fraction of sp³-hybridized carbons (Fsp3) is 0. The molecule has 4 aromatic rings. The summed E-state index contributed by atoms with van der Waals surface area (Å²) < 4.78 is 1.49. The second kappa shape index (κ2) is 5.95. The Morgan fingerprint density at radius 1 is 1.12 bits per heavy atom. The Kier molecular flexibility index (Phi) is 3.62. The van der Waals surface area contributed by atoms with Gasteiger partial charge < -0.3 is 5.11 Å². The van der Waals surface area contributed by atoms with Crippen LogP contribution in [0.25, 0.3) is 16.6 Å². The first-order valence-electron chi connectivity index (χ1n) is 7.30. The van der Waals surface area contributed by atoms with Gasteiger partial charge in [0.15, 0.2) is 11.5 Å². The lowest BCUT2D eigenvalue weighted by Gasteiger charge is -2.00. The van der Waals surface area contributed by atoms with Gasteiger partial charge in [-0.05, 0) is 24.3 Å². The summed E-state index contributed by atoms with van der Waals surface area (Å²) in [7, 11) is 0. The van der Waals surface area contributed by atoms with Crippen LogP contribution in [0.1, 0.15) is 10.5 Å². The molecule has 0 radical (unpaired) electrons. The van der Waals surface area contributed by atoms with Gasteiger partial charge in [0.2, 0.25) is 0 Å². The van der Waals surface area contributed by atoms with Crippen LogP contribution >= 0.6 is 11.6 Å². The highest BCUT2D eigenvalue weighted by Crippen LogP contribution is 2.28. The first-order chi connectivity index (χ1) is 12.1. The Bertz CT molecular complexity index is 1150. The number of hydrogen-bond acceptors (Lipinski definition) is 5. The third kappa shape index (κ3) is 2.70. The average molecular weight is 352 g/mol. The van der Waals surface area contributed by atoms with Crippen molar-refractivity contribution in [2.45, 2.75) is 0 Å². The lowest BCUT2D eigenvalue weighted by molar-refractivity contribution is 0.0692. The SMILES string of the molecule is O=C(O)c1nc2ccc(Cl)cn2c1N=Nc1cccc2cccnc12.